The highest BCUT2D eigenvalue weighted by Gasteiger charge is 2.18. The molecule has 1 aromatic heterocycles. The summed E-state index contributed by atoms with van der Waals surface area (Å²) >= 11 is 6.14. The first-order valence-electron chi connectivity index (χ1n) is 8.15. The summed E-state index contributed by atoms with van der Waals surface area (Å²) in [6, 6.07) is 9.87. The van der Waals surface area contributed by atoms with Crippen molar-refractivity contribution < 1.29 is 23.1 Å². The minimum Gasteiger partial charge on any atom is -0.479 e. The number of fused-ring (bicyclic) bond motifs is 1. The van der Waals surface area contributed by atoms with Crippen LogP contribution in [0.3, 0.4) is 0 Å². The molecule has 0 spiro atoms. The Morgan fingerprint density at radius 3 is 2.63 bits per heavy atom. The van der Waals surface area contributed by atoms with Gasteiger partial charge in [0.05, 0.1) is 0 Å². The van der Waals surface area contributed by atoms with E-state index < -0.39 is 23.5 Å². The number of hydrogen-bond acceptors (Lipinski definition) is 5. The van der Waals surface area contributed by atoms with Crippen LogP contribution in [0.25, 0.3) is 11.0 Å². The highest BCUT2D eigenvalue weighted by Crippen LogP contribution is 2.25. The van der Waals surface area contributed by atoms with Gasteiger partial charge in [-0.15, -0.1) is 0 Å². The molecule has 0 radical (unpaired) electrons. The van der Waals surface area contributed by atoms with Gasteiger partial charge < -0.3 is 13.9 Å². The zero-order valence-corrected chi connectivity index (χ0v) is 15.4. The molecule has 0 N–H and O–H groups in total. The van der Waals surface area contributed by atoms with Crippen LogP contribution in [0.2, 0.25) is 5.02 Å². The van der Waals surface area contributed by atoms with Crippen molar-refractivity contribution in [2.75, 3.05) is 0 Å². The molecule has 7 heteroatoms. The summed E-state index contributed by atoms with van der Waals surface area (Å²) in [5.74, 6) is -0.686. The lowest BCUT2D eigenvalue weighted by atomic mass is 10.1. The SMILES string of the molecule is Cc1cc2oc(=O)cc(COC(=O)[C@H](C)Oc3ccc(F)cc3)c2cc1Cl. The Morgan fingerprint density at radius 2 is 1.93 bits per heavy atom. The molecular formula is C20H16ClFO5. The van der Waals surface area contributed by atoms with Gasteiger partial charge in [-0.25, -0.2) is 14.0 Å². The minimum absolute atomic E-state index is 0.141. The first kappa shape index (κ1) is 18.9. The molecule has 2 aromatic carbocycles. The number of benzene rings is 2. The van der Waals surface area contributed by atoms with E-state index in [0.717, 1.165) is 5.56 Å². The Labute approximate surface area is 159 Å². The van der Waals surface area contributed by atoms with E-state index in [1.807, 2.05) is 0 Å². The fourth-order valence-electron chi connectivity index (χ4n) is 2.50. The van der Waals surface area contributed by atoms with Crippen molar-refractivity contribution in [3.05, 3.63) is 74.9 Å². The number of aryl methyl sites for hydroxylation is 1. The van der Waals surface area contributed by atoms with Gasteiger partial charge >= 0.3 is 11.6 Å². The van der Waals surface area contributed by atoms with Gasteiger partial charge in [0.1, 0.15) is 23.8 Å². The number of hydrogen-bond donors (Lipinski definition) is 0. The Bertz CT molecular complexity index is 1040. The van der Waals surface area contributed by atoms with Crippen LogP contribution in [-0.2, 0) is 16.1 Å². The highest BCUT2D eigenvalue weighted by atomic mass is 35.5. The highest BCUT2D eigenvalue weighted by molar-refractivity contribution is 6.32. The van der Waals surface area contributed by atoms with E-state index in [1.165, 1.54) is 37.3 Å². The summed E-state index contributed by atoms with van der Waals surface area (Å²) in [5.41, 5.74) is 1.06. The molecule has 3 aromatic rings. The summed E-state index contributed by atoms with van der Waals surface area (Å²) < 4.78 is 28.8. The van der Waals surface area contributed by atoms with E-state index >= 15 is 0 Å². The molecule has 0 aliphatic rings. The van der Waals surface area contributed by atoms with E-state index in [4.69, 9.17) is 25.5 Å². The number of carbonyl (C=O) groups is 1. The van der Waals surface area contributed by atoms with Crippen molar-refractivity contribution in [1.29, 1.82) is 0 Å². The minimum atomic E-state index is -0.910. The van der Waals surface area contributed by atoms with Gasteiger partial charge in [-0.1, -0.05) is 11.6 Å². The van der Waals surface area contributed by atoms with Crippen molar-refractivity contribution in [3.8, 4) is 5.75 Å². The Morgan fingerprint density at radius 1 is 1.22 bits per heavy atom. The van der Waals surface area contributed by atoms with Crippen LogP contribution < -0.4 is 10.4 Å². The summed E-state index contributed by atoms with van der Waals surface area (Å²) in [6.45, 7) is 3.17. The summed E-state index contributed by atoms with van der Waals surface area (Å²) in [4.78, 5) is 23.9. The lowest BCUT2D eigenvalue weighted by Gasteiger charge is -2.14. The number of ether oxygens (including phenoxy) is 2. The van der Waals surface area contributed by atoms with Gasteiger partial charge in [0.25, 0.3) is 0 Å². The summed E-state index contributed by atoms with van der Waals surface area (Å²) in [6.07, 6.45) is -0.910. The van der Waals surface area contributed by atoms with Crippen LogP contribution in [0, 0.1) is 12.7 Å². The van der Waals surface area contributed by atoms with Gasteiger partial charge in [0, 0.05) is 22.0 Å². The summed E-state index contributed by atoms with van der Waals surface area (Å²) in [5, 5.41) is 1.10. The second-order valence-electron chi connectivity index (χ2n) is 6.01. The third-order valence-electron chi connectivity index (χ3n) is 3.94. The average molecular weight is 391 g/mol. The molecule has 1 heterocycles. The number of halogens is 2. The van der Waals surface area contributed by atoms with Crippen LogP contribution in [-0.4, -0.2) is 12.1 Å². The maximum Gasteiger partial charge on any atom is 0.347 e. The second-order valence-corrected chi connectivity index (χ2v) is 6.42. The number of esters is 1. The molecule has 0 unspecified atom stereocenters. The molecular weight excluding hydrogens is 375 g/mol. The monoisotopic (exact) mass is 390 g/mol. The molecule has 0 saturated heterocycles. The fourth-order valence-corrected chi connectivity index (χ4v) is 2.66. The van der Waals surface area contributed by atoms with Crippen molar-refractivity contribution in [2.24, 2.45) is 0 Å². The third kappa shape index (κ3) is 4.46. The Balaban J connectivity index is 1.74. The van der Waals surface area contributed by atoms with E-state index in [0.29, 0.717) is 27.3 Å². The number of rotatable bonds is 5. The third-order valence-corrected chi connectivity index (χ3v) is 4.34. The van der Waals surface area contributed by atoms with Crippen LogP contribution >= 0.6 is 11.6 Å². The van der Waals surface area contributed by atoms with Gasteiger partial charge in [-0.05, 0) is 55.8 Å². The largest absolute Gasteiger partial charge is 0.479 e. The number of carbonyl (C=O) groups excluding carboxylic acids is 1. The van der Waals surface area contributed by atoms with E-state index in [1.54, 1.807) is 19.1 Å². The molecule has 1 atom stereocenters. The molecule has 27 heavy (non-hydrogen) atoms. The van der Waals surface area contributed by atoms with Crippen LogP contribution in [0.1, 0.15) is 18.1 Å². The predicted molar refractivity (Wildman–Crippen MR) is 98.5 cm³/mol. The smallest absolute Gasteiger partial charge is 0.347 e. The standard InChI is InChI=1S/C20H16ClFO5/c1-11-7-18-16(9-17(11)21)13(8-19(23)27-18)10-25-20(24)12(2)26-15-5-3-14(22)4-6-15/h3-9,12H,10H2,1-2H3/t12-/m0/s1. The van der Waals surface area contributed by atoms with E-state index in [-0.39, 0.29) is 6.61 Å². The van der Waals surface area contributed by atoms with Crippen molar-refractivity contribution in [1.82, 2.24) is 0 Å². The normalized spacial score (nSPS) is 12.0. The Hall–Kier alpha value is -2.86. The van der Waals surface area contributed by atoms with Crippen LogP contribution in [0.15, 0.2) is 51.7 Å². The zero-order chi connectivity index (χ0) is 19.6. The van der Waals surface area contributed by atoms with Gasteiger partial charge in [0.15, 0.2) is 6.10 Å². The zero-order valence-electron chi connectivity index (χ0n) is 14.6. The van der Waals surface area contributed by atoms with Gasteiger partial charge in [0.2, 0.25) is 0 Å². The molecule has 3 rings (SSSR count). The topological polar surface area (TPSA) is 65.7 Å². The molecule has 0 saturated carbocycles. The average Bonchev–Trinajstić information content (AvgIpc) is 2.62. The van der Waals surface area contributed by atoms with Crippen molar-refractivity contribution in [2.45, 2.75) is 26.6 Å². The van der Waals surface area contributed by atoms with Gasteiger partial charge in [-0.3, -0.25) is 0 Å². The molecule has 0 amide bonds. The Kier molecular flexibility index (Phi) is 5.46. The van der Waals surface area contributed by atoms with Crippen molar-refractivity contribution in [3.63, 3.8) is 0 Å². The first-order valence-corrected chi connectivity index (χ1v) is 8.53. The molecule has 140 valence electrons. The predicted octanol–water partition coefficient (Wildman–Crippen LogP) is 4.40. The maximum absolute atomic E-state index is 12.9. The van der Waals surface area contributed by atoms with Crippen LogP contribution in [0.5, 0.6) is 5.75 Å². The lowest BCUT2D eigenvalue weighted by molar-refractivity contribution is -0.152. The second kappa shape index (κ2) is 7.80. The van der Waals surface area contributed by atoms with Crippen molar-refractivity contribution >= 4 is 28.5 Å². The quantitative estimate of drug-likeness (QED) is 0.477. The fraction of sp³-hybridized carbons (Fsp3) is 0.200. The summed E-state index contributed by atoms with van der Waals surface area (Å²) in [7, 11) is 0. The van der Waals surface area contributed by atoms with Gasteiger partial charge in [-0.2, -0.15) is 0 Å². The molecule has 0 aliphatic heterocycles. The molecule has 5 nitrogen and oxygen atoms in total. The maximum atomic E-state index is 12.9. The van der Waals surface area contributed by atoms with E-state index in [2.05, 4.69) is 0 Å². The molecule has 0 aliphatic carbocycles. The van der Waals surface area contributed by atoms with Crippen LogP contribution in [0.4, 0.5) is 4.39 Å². The van der Waals surface area contributed by atoms with E-state index in [9.17, 15) is 14.0 Å². The first-order chi connectivity index (χ1) is 12.8. The molecule has 0 bridgehead atoms. The lowest BCUT2D eigenvalue weighted by Crippen LogP contribution is -2.26. The molecule has 0 fully saturated rings.